The summed E-state index contributed by atoms with van der Waals surface area (Å²) < 4.78 is 16.5. The molecule has 3 aliphatic rings. The summed E-state index contributed by atoms with van der Waals surface area (Å²) >= 11 is 6.24. The minimum atomic E-state index is -0.222. The lowest BCUT2D eigenvalue weighted by Gasteiger charge is -2.36. The molecule has 1 amide bonds. The molecular formula is C18H23ClN2O4. The molecule has 0 aromatic heterocycles. The van der Waals surface area contributed by atoms with Crippen molar-refractivity contribution in [2.45, 2.75) is 32.1 Å². The van der Waals surface area contributed by atoms with Crippen LogP contribution in [0.1, 0.15) is 24.0 Å². The number of hydrogen-bond acceptors (Lipinski definition) is 5. The van der Waals surface area contributed by atoms with Crippen molar-refractivity contribution in [3.8, 4) is 5.75 Å². The highest BCUT2D eigenvalue weighted by atomic mass is 35.5. The van der Waals surface area contributed by atoms with Crippen LogP contribution < -0.4 is 4.74 Å². The molecule has 25 heavy (non-hydrogen) atoms. The first kappa shape index (κ1) is 17.1. The van der Waals surface area contributed by atoms with E-state index in [1.807, 2.05) is 17.0 Å². The van der Waals surface area contributed by atoms with Crippen LogP contribution >= 0.6 is 11.6 Å². The van der Waals surface area contributed by atoms with Gasteiger partial charge in [0.15, 0.2) is 6.79 Å². The van der Waals surface area contributed by atoms with Crippen molar-refractivity contribution in [2.24, 2.45) is 0 Å². The van der Waals surface area contributed by atoms with Crippen LogP contribution in [-0.2, 0) is 27.4 Å². The van der Waals surface area contributed by atoms with Crippen molar-refractivity contribution in [1.29, 1.82) is 0 Å². The van der Waals surface area contributed by atoms with Crippen molar-refractivity contribution in [3.63, 3.8) is 0 Å². The topological polar surface area (TPSA) is 51.2 Å². The lowest BCUT2D eigenvalue weighted by atomic mass is 10.1. The second kappa shape index (κ2) is 7.50. The van der Waals surface area contributed by atoms with Gasteiger partial charge >= 0.3 is 0 Å². The van der Waals surface area contributed by atoms with Crippen molar-refractivity contribution < 1.29 is 19.0 Å². The molecule has 0 saturated carbocycles. The molecule has 2 fully saturated rings. The number of amides is 1. The number of benzene rings is 1. The summed E-state index contributed by atoms with van der Waals surface area (Å²) in [4.78, 5) is 16.7. The van der Waals surface area contributed by atoms with Crippen molar-refractivity contribution in [1.82, 2.24) is 9.80 Å². The number of carbonyl (C=O) groups is 1. The fraction of sp³-hybridized carbons (Fsp3) is 0.611. The first-order chi connectivity index (χ1) is 12.2. The monoisotopic (exact) mass is 366 g/mol. The average molecular weight is 367 g/mol. The van der Waals surface area contributed by atoms with Gasteiger partial charge in [-0.15, -0.1) is 0 Å². The zero-order valence-corrected chi connectivity index (χ0v) is 15.0. The minimum Gasteiger partial charge on any atom is -0.467 e. The molecule has 0 unspecified atom stereocenters. The third-order valence-corrected chi connectivity index (χ3v) is 5.25. The molecule has 0 bridgehead atoms. The van der Waals surface area contributed by atoms with Gasteiger partial charge in [0.1, 0.15) is 11.9 Å². The van der Waals surface area contributed by atoms with Gasteiger partial charge in [-0.1, -0.05) is 11.6 Å². The van der Waals surface area contributed by atoms with Crippen LogP contribution in [-0.4, -0.2) is 61.4 Å². The van der Waals surface area contributed by atoms with Gasteiger partial charge in [-0.05, 0) is 25.0 Å². The summed E-state index contributed by atoms with van der Waals surface area (Å²) in [6.45, 7) is 5.46. The highest BCUT2D eigenvalue weighted by molar-refractivity contribution is 6.30. The Hall–Kier alpha value is -1.34. The fourth-order valence-electron chi connectivity index (χ4n) is 3.72. The number of piperazine rings is 1. The minimum absolute atomic E-state index is 0.151. The van der Waals surface area contributed by atoms with Gasteiger partial charge in [-0.3, -0.25) is 9.69 Å². The Morgan fingerprint density at radius 1 is 1.24 bits per heavy atom. The first-order valence-electron chi connectivity index (χ1n) is 8.85. The van der Waals surface area contributed by atoms with E-state index in [1.54, 1.807) is 0 Å². The summed E-state index contributed by atoms with van der Waals surface area (Å²) in [6.07, 6.45) is 1.62. The maximum absolute atomic E-state index is 12.4. The zero-order valence-electron chi connectivity index (χ0n) is 14.2. The molecule has 0 radical (unpaired) electrons. The molecule has 1 atom stereocenters. The number of nitrogens with zero attached hydrogens (tertiary/aromatic N) is 2. The summed E-state index contributed by atoms with van der Waals surface area (Å²) in [5, 5.41) is 0.704. The van der Waals surface area contributed by atoms with Crippen LogP contribution in [0.5, 0.6) is 5.75 Å². The number of carbonyl (C=O) groups excluding carboxylic acids is 1. The van der Waals surface area contributed by atoms with Gasteiger partial charge < -0.3 is 19.1 Å². The Morgan fingerprint density at radius 3 is 2.84 bits per heavy atom. The number of rotatable bonds is 3. The van der Waals surface area contributed by atoms with Gasteiger partial charge in [-0.25, -0.2) is 0 Å². The van der Waals surface area contributed by atoms with E-state index >= 15 is 0 Å². The molecule has 1 aromatic rings. The summed E-state index contributed by atoms with van der Waals surface area (Å²) in [5.74, 6) is 1.05. The maximum Gasteiger partial charge on any atom is 0.251 e. The lowest BCUT2D eigenvalue weighted by molar-refractivity contribution is -0.142. The smallest absolute Gasteiger partial charge is 0.251 e. The van der Waals surface area contributed by atoms with Crippen LogP contribution in [0.2, 0.25) is 5.02 Å². The molecule has 4 rings (SSSR count). The molecule has 0 N–H and O–H groups in total. The van der Waals surface area contributed by atoms with Crippen LogP contribution in [0.25, 0.3) is 0 Å². The summed E-state index contributed by atoms with van der Waals surface area (Å²) in [6, 6.07) is 3.87. The van der Waals surface area contributed by atoms with E-state index in [1.165, 1.54) is 0 Å². The molecular weight excluding hydrogens is 344 g/mol. The number of hydrogen-bond donors (Lipinski definition) is 0. The van der Waals surface area contributed by atoms with E-state index < -0.39 is 0 Å². The highest BCUT2D eigenvalue weighted by Gasteiger charge is 2.30. The van der Waals surface area contributed by atoms with Crippen molar-refractivity contribution in [3.05, 3.63) is 28.3 Å². The number of halogens is 1. The molecule has 6 nitrogen and oxygen atoms in total. The van der Waals surface area contributed by atoms with Crippen LogP contribution in [0.15, 0.2) is 12.1 Å². The van der Waals surface area contributed by atoms with E-state index in [2.05, 4.69) is 4.90 Å². The van der Waals surface area contributed by atoms with Crippen LogP contribution in [0.4, 0.5) is 0 Å². The molecule has 3 heterocycles. The lowest BCUT2D eigenvalue weighted by Crippen LogP contribution is -2.51. The Labute approximate surface area is 152 Å². The summed E-state index contributed by atoms with van der Waals surface area (Å²) in [7, 11) is 0. The van der Waals surface area contributed by atoms with Gasteiger partial charge in [0, 0.05) is 55.5 Å². The molecule has 0 aliphatic carbocycles. The predicted octanol–water partition coefficient (Wildman–Crippen LogP) is 2.03. The van der Waals surface area contributed by atoms with E-state index in [0.717, 1.165) is 62.4 Å². The van der Waals surface area contributed by atoms with Crippen molar-refractivity contribution in [2.75, 3.05) is 39.6 Å². The molecule has 3 aliphatic heterocycles. The van der Waals surface area contributed by atoms with Gasteiger partial charge in [-0.2, -0.15) is 0 Å². The van der Waals surface area contributed by atoms with E-state index in [-0.39, 0.29) is 18.8 Å². The second-order valence-electron chi connectivity index (χ2n) is 6.77. The molecule has 0 spiro atoms. The summed E-state index contributed by atoms with van der Waals surface area (Å²) in [5.41, 5.74) is 2.09. The Bertz CT molecular complexity index is 640. The number of fused-ring (bicyclic) bond motifs is 1. The van der Waals surface area contributed by atoms with Gasteiger partial charge in [0.05, 0.1) is 6.61 Å². The Balaban J connectivity index is 1.37. The maximum atomic E-state index is 12.4. The van der Waals surface area contributed by atoms with Crippen molar-refractivity contribution >= 4 is 17.5 Å². The Kier molecular flexibility index (Phi) is 5.12. The Morgan fingerprint density at radius 2 is 2.08 bits per heavy atom. The van der Waals surface area contributed by atoms with Crippen LogP contribution in [0.3, 0.4) is 0 Å². The zero-order chi connectivity index (χ0) is 17.2. The molecule has 7 heteroatoms. The predicted molar refractivity (Wildman–Crippen MR) is 92.6 cm³/mol. The molecule has 136 valence electrons. The standard InChI is InChI=1S/C18H23ClN2O4/c19-15-8-13(17-14(9-15)11-23-12-25-17)10-20-3-5-21(6-4-20)18(22)16-2-1-7-24-16/h8-9,16H,1-7,10-12H2/t16-/m0/s1. The second-order valence-corrected chi connectivity index (χ2v) is 7.20. The third-order valence-electron chi connectivity index (χ3n) is 5.03. The quantitative estimate of drug-likeness (QED) is 0.819. The van der Waals surface area contributed by atoms with Crippen LogP contribution in [0, 0.1) is 0 Å². The van der Waals surface area contributed by atoms with Gasteiger partial charge in [0.2, 0.25) is 0 Å². The molecule has 1 aromatic carbocycles. The molecule has 2 saturated heterocycles. The normalized spacial score (nSPS) is 24.0. The third kappa shape index (κ3) is 3.77. The number of ether oxygens (including phenoxy) is 3. The van der Waals surface area contributed by atoms with E-state index in [0.29, 0.717) is 18.2 Å². The van der Waals surface area contributed by atoms with E-state index in [9.17, 15) is 4.79 Å². The largest absolute Gasteiger partial charge is 0.467 e. The SMILES string of the molecule is O=C([C@@H]1CCCO1)N1CCN(Cc2cc(Cl)cc3c2OCOC3)CC1. The van der Waals surface area contributed by atoms with Gasteiger partial charge in [0.25, 0.3) is 5.91 Å². The first-order valence-corrected chi connectivity index (χ1v) is 9.23. The van der Waals surface area contributed by atoms with E-state index in [4.69, 9.17) is 25.8 Å². The average Bonchev–Trinajstić information content (AvgIpc) is 3.16. The fourth-order valence-corrected chi connectivity index (χ4v) is 3.98. The highest BCUT2D eigenvalue weighted by Crippen LogP contribution is 2.32.